The Morgan fingerprint density at radius 3 is 2.94 bits per heavy atom. The van der Waals surface area contributed by atoms with Gasteiger partial charge >= 0.3 is 5.97 Å². The Bertz CT molecular complexity index is 413. The van der Waals surface area contributed by atoms with Gasteiger partial charge in [-0.15, -0.1) is 0 Å². The summed E-state index contributed by atoms with van der Waals surface area (Å²) in [6.45, 7) is 0.661. The van der Waals surface area contributed by atoms with Crippen molar-refractivity contribution in [2.24, 2.45) is 0 Å². The second-order valence-corrected chi connectivity index (χ2v) is 4.64. The topological polar surface area (TPSA) is 70.8 Å². The summed E-state index contributed by atoms with van der Waals surface area (Å²) in [6, 6.07) is 1.60. The Labute approximate surface area is 105 Å². The lowest BCUT2D eigenvalue weighted by Gasteiger charge is -2.35. The number of aliphatic carboxylic acids is 1. The van der Waals surface area contributed by atoms with Crippen LogP contribution in [0.25, 0.3) is 0 Å². The van der Waals surface area contributed by atoms with Crippen molar-refractivity contribution in [3.8, 4) is 0 Å². The minimum atomic E-state index is -0.844. The van der Waals surface area contributed by atoms with Gasteiger partial charge in [0, 0.05) is 12.6 Å². The molecule has 1 unspecified atom stereocenters. The molecule has 0 radical (unpaired) electrons. The van der Waals surface area contributed by atoms with Crippen LogP contribution in [0.5, 0.6) is 0 Å². The molecule has 2 heterocycles. The summed E-state index contributed by atoms with van der Waals surface area (Å²) in [5, 5.41) is 8.87. The number of carboxylic acid groups (broad SMARTS) is 1. The van der Waals surface area contributed by atoms with Gasteiger partial charge in [0.2, 0.25) is 5.91 Å². The molecule has 5 heteroatoms. The molecule has 1 saturated heterocycles. The van der Waals surface area contributed by atoms with Crippen LogP contribution < -0.4 is 0 Å². The van der Waals surface area contributed by atoms with Crippen molar-refractivity contribution in [1.29, 1.82) is 0 Å². The van der Waals surface area contributed by atoms with E-state index in [2.05, 4.69) is 0 Å². The number of carbonyl (C=O) groups is 2. The van der Waals surface area contributed by atoms with Crippen LogP contribution in [0.15, 0.2) is 23.0 Å². The maximum atomic E-state index is 12.1. The average molecular weight is 251 g/mol. The molecule has 1 amide bonds. The van der Waals surface area contributed by atoms with E-state index in [9.17, 15) is 9.59 Å². The third-order valence-electron chi connectivity index (χ3n) is 3.29. The second kappa shape index (κ2) is 5.71. The van der Waals surface area contributed by atoms with Crippen molar-refractivity contribution in [1.82, 2.24) is 4.90 Å². The first kappa shape index (κ1) is 12.7. The number of carboxylic acids is 1. The monoisotopic (exact) mass is 251 g/mol. The van der Waals surface area contributed by atoms with Crippen LogP contribution in [0, 0.1) is 0 Å². The smallest absolute Gasteiger partial charge is 0.305 e. The summed E-state index contributed by atoms with van der Waals surface area (Å²) >= 11 is 0. The van der Waals surface area contributed by atoms with Gasteiger partial charge in [-0.25, -0.2) is 0 Å². The van der Waals surface area contributed by atoms with Gasteiger partial charge in [0.1, 0.15) is 0 Å². The van der Waals surface area contributed by atoms with Crippen LogP contribution in [0.3, 0.4) is 0 Å². The number of piperidine rings is 1. The van der Waals surface area contributed by atoms with Crippen LogP contribution in [-0.2, 0) is 16.0 Å². The summed E-state index contributed by atoms with van der Waals surface area (Å²) in [6.07, 6.45) is 6.13. The minimum Gasteiger partial charge on any atom is -0.481 e. The first-order valence-electron chi connectivity index (χ1n) is 6.19. The molecule has 5 nitrogen and oxygen atoms in total. The van der Waals surface area contributed by atoms with Gasteiger partial charge < -0.3 is 14.4 Å². The summed E-state index contributed by atoms with van der Waals surface area (Å²) in [5.74, 6) is -0.856. The van der Waals surface area contributed by atoms with E-state index < -0.39 is 5.97 Å². The average Bonchev–Trinajstić information content (AvgIpc) is 2.81. The number of hydrogen-bond acceptors (Lipinski definition) is 3. The van der Waals surface area contributed by atoms with E-state index in [-0.39, 0.29) is 24.8 Å². The van der Waals surface area contributed by atoms with Crippen molar-refractivity contribution in [2.45, 2.75) is 38.1 Å². The molecule has 1 aliphatic heterocycles. The van der Waals surface area contributed by atoms with Gasteiger partial charge in [-0.05, 0) is 30.9 Å². The highest BCUT2D eigenvalue weighted by molar-refractivity contribution is 5.80. The lowest BCUT2D eigenvalue weighted by atomic mass is 9.98. The number of carbonyl (C=O) groups excluding carboxylic acids is 1. The molecule has 1 fully saturated rings. The van der Waals surface area contributed by atoms with E-state index in [1.165, 1.54) is 6.26 Å². The third-order valence-corrected chi connectivity index (χ3v) is 3.29. The summed E-state index contributed by atoms with van der Waals surface area (Å²) < 4.78 is 4.93. The van der Waals surface area contributed by atoms with E-state index >= 15 is 0 Å². The fraction of sp³-hybridized carbons (Fsp3) is 0.538. The summed E-state index contributed by atoms with van der Waals surface area (Å²) in [4.78, 5) is 24.7. The number of rotatable bonds is 4. The van der Waals surface area contributed by atoms with E-state index in [1.54, 1.807) is 17.2 Å². The maximum absolute atomic E-state index is 12.1. The quantitative estimate of drug-likeness (QED) is 0.883. The van der Waals surface area contributed by atoms with Crippen molar-refractivity contribution in [2.75, 3.05) is 6.54 Å². The number of likely N-dealkylation sites (tertiary alicyclic amines) is 1. The lowest BCUT2D eigenvalue weighted by Crippen LogP contribution is -2.45. The van der Waals surface area contributed by atoms with E-state index in [4.69, 9.17) is 9.52 Å². The van der Waals surface area contributed by atoms with Crippen LogP contribution in [-0.4, -0.2) is 34.5 Å². The number of furan rings is 1. The van der Waals surface area contributed by atoms with Gasteiger partial charge in [-0.1, -0.05) is 0 Å². The van der Waals surface area contributed by atoms with E-state index in [0.29, 0.717) is 6.54 Å². The van der Waals surface area contributed by atoms with Gasteiger partial charge in [0.15, 0.2) is 0 Å². The van der Waals surface area contributed by atoms with Gasteiger partial charge in [0.25, 0.3) is 0 Å². The number of amides is 1. The normalized spacial score (nSPS) is 19.8. The van der Waals surface area contributed by atoms with Crippen LogP contribution in [0.2, 0.25) is 0 Å². The van der Waals surface area contributed by atoms with E-state index in [0.717, 1.165) is 24.8 Å². The Morgan fingerprint density at radius 1 is 1.44 bits per heavy atom. The molecule has 1 N–H and O–H groups in total. The highest BCUT2D eigenvalue weighted by Crippen LogP contribution is 2.21. The van der Waals surface area contributed by atoms with Gasteiger partial charge in [-0.2, -0.15) is 0 Å². The first-order valence-corrected chi connectivity index (χ1v) is 6.19. The Morgan fingerprint density at radius 2 is 2.28 bits per heavy atom. The highest BCUT2D eigenvalue weighted by atomic mass is 16.4. The minimum absolute atomic E-state index is 0.0117. The number of hydrogen-bond donors (Lipinski definition) is 1. The molecule has 98 valence electrons. The van der Waals surface area contributed by atoms with Crippen LogP contribution in [0.4, 0.5) is 0 Å². The molecular weight excluding hydrogens is 234 g/mol. The van der Waals surface area contributed by atoms with Crippen molar-refractivity contribution in [3.05, 3.63) is 24.2 Å². The van der Waals surface area contributed by atoms with Crippen LogP contribution in [0.1, 0.15) is 31.2 Å². The van der Waals surface area contributed by atoms with Crippen molar-refractivity contribution < 1.29 is 19.1 Å². The van der Waals surface area contributed by atoms with Crippen molar-refractivity contribution in [3.63, 3.8) is 0 Å². The molecule has 0 spiro atoms. The molecule has 1 aromatic rings. The SMILES string of the molecule is O=C(O)CC1CCCCN1C(=O)Cc1ccoc1. The molecule has 1 atom stereocenters. The van der Waals surface area contributed by atoms with Gasteiger partial charge in [-0.3, -0.25) is 9.59 Å². The predicted octanol–water partition coefficient (Wildman–Crippen LogP) is 1.68. The summed E-state index contributed by atoms with van der Waals surface area (Å²) in [7, 11) is 0. The third kappa shape index (κ3) is 3.12. The zero-order valence-corrected chi connectivity index (χ0v) is 10.2. The highest BCUT2D eigenvalue weighted by Gasteiger charge is 2.28. The molecule has 0 saturated carbocycles. The molecule has 2 rings (SSSR count). The molecule has 1 aromatic heterocycles. The molecule has 1 aliphatic rings. The maximum Gasteiger partial charge on any atom is 0.305 e. The molecule has 18 heavy (non-hydrogen) atoms. The lowest BCUT2D eigenvalue weighted by molar-refractivity contribution is -0.141. The zero-order chi connectivity index (χ0) is 13.0. The fourth-order valence-corrected chi connectivity index (χ4v) is 2.41. The Kier molecular flexibility index (Phi) is 4.02. The van der Waals surface area contributed by atoms with Crippen LogP contribution >= 0.6 is 0 Å². The van der Waals surface area contributed by atoms with E-state index in [1.807, 2.05) is 0 Å². The largest absolute Gasteiger partial charge is 0.481 e. The zero-order valence-electron chi connectivity index (χ0n) is 10.2. The molecular formula is C13H17NO4. The molecule has 0 aromatic carbocycles. The Balaban J connectivity index is 1.99. The second-order valence-electron chi connectivity index (χ2n) is 4.64. The standard InChI is InChI=1S/C13H17NO4/c15-12(7-10-4-6-18-9-10)14-5-2-1-3-11(14)8-13(16)17/h4,6,9,11H,1-3,5,7-8H2,(H,16,17). The Hall–Kier alpha value is -1.78. The number of nitrogens with zero attached hydrogens (tertiary/aromatic N) is 1. The molecule has 0 bridgehead atoms. The fourth-order valence-electron chi connectivity index (χ4n) is 2.41. The predicted molar refractivity (Wildman–Crippen MR) is 64.0 cm³/mol. The van der Waals surface area contributed by atoms with Gasteiger partial charge in [0.05, 0.1) is 25.4 Å². The first-order chi connectivity index (χ1) is 8.66. The molecule has 0 aliphatic carbocycles. The van der Waals surface area contributed by atoms with Crippen molar-refractivity contribution >= 4 is 11.9 Å². The summed E-state index contributed by atoms with van der Waals surface area (Å²) in [5.41, 5.74) is 0.833.